The van der Waals surface area contributed by atoms with Crippen molar-refractivity contribution in [2.24, 2.45) is 5.92 Å². The fourth-order valence-corrected chi connectivity index (χ4v) is 2.31. The Balaban J connectivity index is 1.96. The first-order chi connectivity index (χ1) is 8.15. The molecule has 1 aliphatic rings. The molecule has 5 heteroatoms. The number of nitrogens with zero attached hydrogens (tertiary/aromatic N) is 3. The van der Waals surface area contributed by atoms with Crippen molar-refractivity contribution in [3.63, 3.8) is 0 Å². The van der Waals surface area contributed by atoms with E-state index in [2.05, 4.69) is 21.9 Å². The van der Waals surface area contributed by atoms with Gasteiger partial charge in [0.1, 0.15) is 0 Å². The molecule has 1 aromatic heterocycles. The van der Waals surface area contributed by atoms with Crippen LogP contribution in [0, 0.1) is 5.92 Å². The second-order valence-electron chi connectivity index (χ2n) is 4.67. The van der Waals surface area contributed by atoms with Gasteiger partial charge in [-0.3, -0.25) is 4.98 Å². The summed E-state index contributed by atoms with van der Waals surface area (Å²) in [5.74, 6) is -0.417. The van der Waals surface area contributed by atoms with Gasteiger partial charge in [-0.2, -0.15) is 0 Å². The Morgan fingerprint density at radius 1 is 1.53 bits per heavy atom. The van der Waals surface area contributed by atoms with Crippen molar-refractivity contribution in [1.29, 1.82) is 0 Å². The lowest BCUT2D eigenvalue weighted by molar-refractivity contribution is 0.0690. The van der Waals surface area contributed by atoms with Crippen molar-refractivity contribution < 1.29 is 9.90 Å². The van der Waals surface area contributed by atoms with E-state index in [-0.39, 0.29) is 5.69 Å². The van der Waals surface area contributed by atoms with E-state index in [1.165, 1.54) is 25.6 Å². The zero-order chi connectivity index (χ0) is 12.3. The number of likely N-dealkylation sites (tertiary alicyclic amines) is 1. The molecule has 0 spiro atoms. The van der Waals surface area contributed by atoms with E-state index in [9.17, 15) is 4.79 Å². The van der Waals surface area contributed by atoms with Crippen LogP contribution in [-0.4, -0.2) is 46.1 Å². The summed E-state index contributed by atoms with van der Waals surface area (Å²) in [6, 6.07) is 0. The number of aromatic carboxylic acids is 1. The molecule has 17 heavy (non-hydrogen) atoms. The third kappa shape index (κ3) is 3.23. The van der Waals surface area contributed by atoms with Gasteiger partial charge in [-0.1, -0.05) is 0 Å². The number of carboxylic acids is 1. The van der Waals surface area contributed by atoms with Crippen LogP contribution in [-0.2, 0) is 6.42 Å². The molecule has 0 radical (unpaired) electrons. The van der Waals surface area contributed by atoms with Crippen LogP contribution in [0.5, 0.6) is 0 Å². The Bertz CT molecular complexity index is 391. The molecular weight excluding hydrogens is 218 g/mol. The van der Waals surface area contributed by atoms with E-state index in [1.54, 1.807) is 6.20 Å². The van der Waals surface area contributed by atoms with Crippen molar-refractivity contribution >= 4 is 5.97 Å². The summed E-state index contributed by atoms with van der Waals surface area (Å²) in [4.78, 5) is 21.0. The lowest BCUT2D eigenvalue weighted by atomic mass is 9.94. The van der Waals surface area contributed by atoms with Crippen LogP contribution in [0.15, 0.2) is 12.4 Å². The molecule has 0 aromatic carbocycles. The standard InChI is InChI=1S/C12H17N3O2/c1-15-4-2-3-9(8-15)5-10-6-14-11(7-13-10)12(16)17/h6-7,9H,2-5,8H2,1H3,(H,16,17)/t9-/m0/s1. The highest BCUT2D eigenvalue weighted by molar-refractivity contribution is 5.84. The van der Waals surface area contributed by atoms with Crippen molar-refractivity contribution in [3.8, 4) is 0 Å². The van der Waals surface area contributed by atoms with Crippen LogP contribution >= 0.6 is 0 Å². The first kappa shape index (κ1) is 12.0. The number of carbonyl (C=O) groups is 1. The van der Waals surface area contributed by atoms with Crippen molar-refractivity contribution in [2.75, 3.05) is 20.1 Å². The van der Waals surface area contributed by atoms with Gasteiger partial charge in [-0.25, -0.2) is 9.78 Å². The van der Waals surface area contributed by atoms with Crippen LogP contribution in [0.1, 0.15) is 29.0 Å². The number of hydrogen-bond donors (Lipinski definition) is 1. The normalized spacial score (nSPS) is 21.4. The molecule has 0 unspecified atom stereocenters. The summed E-state index contributed by atoms with van der Waals surface area (Å²) in [7, 11) is 2.13. The number of rotatable bonds is 3. The minimum Gasteiger partial charge on any atom is -0.476 e. The quantitative estimate of drug-likeness (QED) is 0.848. The molecule has 5 nitrogen and oxygen atoms in total. The van der Waals surface area contributed by atoms with Crippen LogP contribution in [0.3, 0.4) is 0 Å². The molecule has 2 rings (SSSR count). The molecule has 1 aliphatic heterocycles. The Labute approximate surface area is 100 Å². The van der Waals surface area contributed by atoms with E-state index in [0.717, 1.165) is 18.7 Å². The van der Waals surface area contributed by atoms with E-state index in [0.29, 0.717) is 5.92 Å². The van der Waals surface area contributed by atoms with Gasteiger partial charge < -0.3 is 10.0 Å². The molecule has 2 heterocycles. The van der Waals surface area contributed by atoms with Gasteiger partial charge in [-0.05, 0) is 38.8 Å². The highest BCUT2D eigenvalue weighted by atomic mass is 16.4. The van der Waals surface area contributed by atoms with Crippen LogP contribution in [0.4, 0.5) is 0 Å². The fourth-order valence-electron chi connectivity index (χ4n) is 2.31. The Morgan fingerprint density at radius 2 is 2.35 bits per heavy atom. The first-order valence-electron chi connectivity index (χ1n) is 5.88. The molecule has 0 amide bonds. The van der Waals surface area contributed by atoms with E-state index >= 15 is 0 Å². The lowest BCUT2D eigenvalue weighted by Crippen LogP contribution is -2.33. The SMILES string of the molecule is CN1CCC[C@@H](Cc2cnc(C(=O)O)cn2)C1. The Morgan fingerprint density at radius 3 is 2.94 bits per heavy atom. The number of hydrogen-bond acceptors (Lipinski definition) is 4. The fraction of sp³-hybridized carbons (Fsp3) is 0.583. The molecule has 92 valence electrons. The molecule has 1 fully saturated rings. The summed E-state index contributed by atoms with van der Waals surface area (Å²) in [5.41, 5.74) is 0.893. The second-order valence-corrected chi connectivity index (χ2v) is 4.67. The maximum Gasteiger partial charge on any atom is 0.356 e. The predicted octanol–water partition coefficient (Wildman–Crippen LogP) is 1.06. The maximum absolute atomic E-state index is 10.6. The minimum atomic E-state index is -1.03. The van der Waals surface area contributed by atoms with Gasteiger partial charge in [-0.15, -0.1) is 0 Å². The van der Waals surface area contributed by atoms with Gasteiger partial charge in [0.05, 0.1) is 11.9 Å². The second kappa shape index (κ2) is 5.23. The zero-order valence-corrected chi connectivity index (χ0v) is 9.96. The number of carboxylic acid groups (broad SMARTS) is 1. The third-order valence-corrected chi connectivity index (χ3v) is 3.14. The highest BCUT2D eigenvalue weighted by Gasteiger charge is 2.18. The van der Waals surface area contributed by atoms with Gasteiger partial charge in [0.15, 0.2) is 5.69 Å². The molecule has 1 atom stereocenters. The Hall–Kier alpha value is -1.49. The van der Waals surface area contributed by atoms with Crippen molar-refractivity contribution in [3.05, 3.63) is 23.8 Å². The van der Waals surface area contributed by atoms with Gasteiger partial charge >= 0.3 is 5.97 Å². The van der Waals surface area contributed by atoms with E-state index in [4.69, 9.17) is 5.11 Å². The van der Waals surface area contributed by atoms with Gasteiger partial charge in [0.2, 0.25) is 0 Å². The highest BCUT2D eigenvalue weighted by Crippen LogP contribution is 2.18. The summed E-state index contributed by atoms with van der Waals surface area (Å²) >= 11 is 0. The van der Waals surface area contributed by atoms with Crippen LogP contribution < -0.4 is 0 Å². The lowest BCUT2D eigenvalue weighted by Gasteiger charge is -2.29. The average Bonchev–Trinajstić information content (AvgIpc) is 2.29. The van der Waals surface area contributed by atoms with Crippen molar-refractivity contribution in [2.45, 2.75) is 19.3 Å². The molecule has 0 aliphatic carbocycles. The summed E-state index contributed by atoms with van der Waals surface area (Å²) in [6.07, 6.45) is 6.24. The molecule has 0 saturated carbocycles. The van der Waals surface area contributed by atoms with Crippen LogP contribution in [0.25, 0.3) is 0 Å². The molecular formula is C12H17N3O2. The topological polar surface area (TPSA) is 66.3 Å². The molecule has 1 N–H and O–H groups in total. The third-order valence-electron chi connectivity index (χ3n) is 3.14. The van der Waals surface area contributed by atoms with E-state index in [1.807, 2.05) is 0 Å². The zero-order valence-electron chi connectivity index (χ0n) is 9.96. The largest absolute Gasteiger partial charge is 0.476 e. The average molecular weight is 235 g/mol. The first-order valence-corrected chi connectivity index (χ1v) is 5.88. The van der Waals surface area contributed by atoms with Gasteiger partial charge in [0, 0.05) is 12.7 Å². The summed E-state index contributed by atoms with van der Waals surface area (Å²) < 4.78 is 0. The number of aromatic nitrogens is 2. The summed E-state index contributed by atoms with van der Waals surface area (Å²) in [6.45, 7) is 2.25. The summed E-state index contributed by atoms with van der Waals surface area (Å²) in [5, 5.41) is 8.72. The predicted molar refractivity (Wildman–Crippen MR) is 62.9 cm³/mol. The maximum atomic E-state index is 10.6. The molecule has 1 aromatic rings. The Kier molecular flexibility index (Phi) is 3.68. The van der Waals surface area contributed by atoms with Gasteiger partial charge in [0.25, 0.3) is 0 Å². The van der Waals surface area contributed by atoms with Crippen LogP contribution in [0.2, 0.25) is 0 Å². The monoisotopic (exact) mass is 235 g/mol. The minimum absolute atomic E-state index is 0.00881. The van der Waals surface area contributed by atoms with E-state index < -0.39 is 5.97 Å². The number of piperidine rings is 1. The molecule has 1 saturated heterocycles. The molecule has 0 bridgehead atoms. The smallest absolute Gasteiger partial charge is 0.356 e. The van der Waals surface area contributed by atoms with Crippen molar-refractivity contribution in [1.82, 2.24) is 14.9 Å².